The van der Waals surface area contributed by atoms with Gasteiger partial charge in [0.1, 0.15) is 17.9 Å². The number of hydrogen-bond acceptors (Lipinski definition) is 6. The number of hydrogen-bond donors (Lipinski definition) is 0. The molecule has 1 heterocycles. The maximum absolute atomic E-state index is 13.6. The molecular formula is C27H41N3O5. The second kappa shape index (κ2) is 8.74. The molecule has 1 aliphatic heterocycles. The van der Waals surface area contributed by atoms with E-state index in [0.717, 1.165) is 44.9 Å². The molecule has 0 bridgehead atoms. The summed E-state index contributed by atoms with van der Waals surface area (Å²) >= 11 is 0. The number of fused-ring (bicyclic) bond motifs is 6. The van der Waals surface area contributed by atoms with Gasteiger partial charge in [0.25, 0.3) is 0 Å². The Morgan fingerprint density at radius 3 is 2.57 bits per heavy atom. The van der Waals surface area contributed by atoms with Crippen molar-refractivity contribution in [1.82, 2.24) is 0 Å². The molecule has 0 aromatic rings. The standard InChI is InChI=1S/C27H41N3O5/c1-6-7-19(29-30-28)24(32)33-23-9-8-16-15-12-20(31)18-13-21-22(35-25(2,3)34-21)14-27(18,5)17(15)10-11-26(16,23)4/h15-19,21-23H,6-14H2,1-5H3/t15-,16-,17-,18+,19-,21-,22+,23-,26-,27+/m0/s1. The van der Waals surface area contributed by atoms with Crippen LogP contribution in [0, 0.1) is 34.5 Å². The molecule has 0 unspecified atom stereocenters. The van der Waals surface area contributed by atoms with Gasteiger partial charge in [0, 0.05) is 22.7 Å². The third-order valence-electron chi connectivity index (χ3n) is 10.5. The van der Waals surface area contributed by atoms with E-state index >= 15 is 0 Å². The van der Waals surface area contributed by atoms with Crippen LogP contribution in [0.1, 0.15) is 92.4 Å². The van der Waals surface area contributed by atoms with Crippen molar-refractivity contribution < 1.29 is 23.8 Å². The summed E-state index contributed by atoms with van der Waals surface area (Å²) in [6.07, 6.45) is 7.24. The Bertz CT molecular complexity index is 932. The Hall–Kier alpha value is -1.63. The van der Waals surface area contributed by atoms with Gasteiger partial charge in [0.2, 0.25) is 0 Å². The Morgan fingerprint density at radius 1 is 1.14 bits per heavy atom. The number of ketones is 1. The van der Waals surface area contributed by atoms with E-state index < -0.39 is 17.8 Å². The predicted molar refractivity (Wildman–Crippen MR) is 129 cm³/mol. The first-order chi connectivity index (χ1) is 16.5. The van der Waals surface area contributed by atoms with Gasteiger partial charge in [0.15, 0.2) is 5.79 Å². The Labute approximate surface area is 208 Å². The van der Waals surface area contributed by atoms with Crippen molar-refractivity contribution >= 4 is 11.8 Å². The second-order valence-electron chi connectivity index (χ2n) is 12.8. The molecule has 194 valence electrons. The molecule has 0 N–H and O–H groups in total. The molecule has 8 nitrogen and oxygen atoms in total. The van der Waals surface area contributed by atoms with E-state index in [1.54, 1.807) is 0 Å². The monoisotopic (exact) mass is 487 g/mol. The van der Waals surface area contributed by atoms with Crippen molar-refractivity contribution in [2.45, 2.75) is 123 Å². The van der Waals surface area contributed by atoms with Crippen LogP contribution < -0.4 is 0 Å². The first-order valence-corrected chi connectivity index (χ1v) is 13.7. The Kier molecular flexibility index (Phi) is 6.25. The van der Waals surface area contributed by atoms with Crippen LogP contribution in [0.3, 0.4) is 0 Å². The third kappa shape index (κ3) is 4.00. The summed E-state index contributed by atoms with van der Waals surface area (Å²) in [6, 6.07) is -0.756. The van der Waals surface area contributed by atoms with E-state index in [0.29, 0.717) is 36.4 Å². The van der Waals surface area contributed by atoms with Crippen LogP contribution >= 0.6 is 0 Å². The first-order valence-electron chi connectivity index (χ1n) is 13.7. The van der Waals surface area contributed by atoms with Crippen LogP contribution in [0.2, 0.25) is 0 Å². The van der Waals surface area contributed by atoms with Gasteiger partial charge in [-0.1, -0.05) is 32.3 Å². The van der Waals surface area contributed by atoms with Crippen LogP contribution in [0.15, 0.2) is 5.11 Å². The SMILES string of the molecule is CCC[C@H](N=[N+]=[N-])C(=O)O[C@H]1CC[C@H]2[C@@H]3CC(=O)[C@H]4C[C@@H]5OC(C)(C)O[C@@H]5C[C@]4(C)[C@H]3CC[C@]12C. The third-order valence-corrected chi connectivity index (χ3v) is 10.5. The molecule has 1 saturated heterocycles. The minimum atomic E-state index is -0.756. The van der Waals surface area contributed by atoms with Crippen LogP contribution in [0.4, 0.5) is 0 Å². The Morgan fingerprint density at radius 2 is 1.86 bits per heavy atom. The minimum Gasteiger partial charge on any atom is -0.461 e. The first kappa shape index (κ1) is 25.0. The van der Waals surface area contributed by atoms with Crippen LogP contribution in [0.5, 0.6) is 0 Å². The zero-order chi connectivity index (χ0) is 25.2. The van der Waals surface area contributed by atoms with Crippen molar-refractivity contribution in [3.63, 3.8) is 0 Å². The maximum atomic E-state index is 13.6. The molecular weight excluding hydrogens is 446 g/mol. The summed E-state index contributed by atoms with van der Waals surface area (Å²) < 4.78 is 18.5. The molecule has 0 aromatic carbocycles. The smallest absolute Gasteiger partial charge is 0.315 e. The highest BCUT2D eigenvalue weighted by molar-refractivity contribution is 5.83. The van der Waals surface area contributed by atoms with E-state index in [4.69, 9.17) is 19.7 Å². The molecule has 35 heavy (non-hydrogen) atoms. The van der Waals surface area contributed by atoms with Crippen LogP contribution in [-0.2, 0) is 23.8 Å². The number of carbonyl (C=O) groups excluding carboxylic acids is 2. The van der Waals surface area contributed by atoms with Crippen molar-refractivity contribution in [3.8, 4) is 0 Å². The summed E-state index contributed by atoms with van der Waals surface area (Å²) in [4.78, 5) is 29.3. The summed E-state index contributed by atoms with van der Waals surface area (Å²) in [7, 11) is 0. The summed E-state index contributed by atoms with van der Waals surface area (Å²) in [5.41, 5.74) is 8.66. The molecule has 0 aromatic heterocycles. The van der Waals surface area contributed by atoms with E-state index in [-0.39, 0.29) is 35.1 Å². The fourth-order valence-corrected chi connectivity index (χ4v) is 8.96. The van der Waals surface area contributed by atoms with Gasteiger partial charge < -0.3 is 14.2 Å². The van der Waals surface area contributed by atoms with Gasteiger partial charge in [-0.05, 0) is 87.5 Å². The summed E-state index contributed by atoms with van der Waals surface area (Å²) in [5.74, 6) is 0.603. The van der Waals surface area contributed by atoms with Gasteiger partial charge >= 0.3 is 5.97 Å². The van der Waals surface area contributed by atoms with E-state index in [2.05, 4.69) is 23.9 Å². The zero-order valence-corrected chi connectivity index (χ0v) is 21.9. The fraction of sp³-hybridized carbons (Fsp3) is 0.926. The number of rotatable bonds is 5. The predicted octanol–water partition coefficient (Wildman–Crippen LogP) is 5.73. The van der Waals surface area contributed by atoms with Crippen molar-refractivity contribution in [2.75, 3.05) is 0 Å². The molecule has 5 rings (SSSR count). The quantitative estimate of drug-likeness (QED) is 0.213. The molecule has 5 aliphatic rings. The lowest BCUT2D eigenvalue weighted by atomic mass is 9.44. The van der Waals surface area contributed by atoms with Gasteiger partial charge in [-0.2, -0.15) is 0 Å². The fourth-order valence-electron chi connectivity index (χ4n) is 8.96. The van der Waals surface area contributed by atoms with Crippen LogP contribution in [-0.4, -0.2) is 41.9 Å². The molecule has 0 spiro atoms. The van der Waals surface area contributed by atoms with Crippen molar-refractivity contribution in [1.29, 1.82) is 0 Å². The highest BCUT2D eigenvalue weighted by Crippen LogP contribution is 2.66. The number of ether oxygens (including phenoxy) is 3. The van der Waals surface area contributed by atoms with Crippen LogP contribution in [0.25, 0.3) is 10.4 Å². The lowest BCUT2D eigenvalue weighted by Gasteiger charge is -2.60. The normalized spacial score (nSPS) is 46.4. The molecule has 8 heteroatoms. The van der Waals surface area contributed by atoms with Gasteiger partial charge in [-0.25, -0.2) is 0 Å². The number of carbonyl (C=O) groups is 2. The molecule has 0 amide bonds. The molecule has 4 aliphatic carbocycles. The van der Waals surface area contributed by atoms with Gasteiger partial charge in [0.05, 0.1) is 12.2 Å². The highest BCUT2D eigenvalue weighted by atomic mass is 16.7. The second-order valence-corrected chi connectivity index (χ2v) is 12.8. The molecule has 10 atom stereocenters. The van der Waals surface area contributed by atoms with Gasteiger partial charge in [-0.3, -0.25) is 9.59 Å². The lowest BCUT2D eigenvalue weighted by Crippen LogP contribution is -2.59. The molecule has 5 fully saturated rings. The summed E-state index contributed by atoms with van der Waals surface area (Å²) in [5, 5.41) is 3.69. The van der Waals surface area contributed by atoms with E-state index in [1.165, 1.54) is 0 Å². The van der Waals surface area contributed by atoms with Crippen molar-refractivity contribution in [2.24, 2.45) is 39.6 Å². The number of nitrogens with zero attached hydrogens (tertiary/aromatic N) is 3. The summed E-state index contributed by atoms with van der Waals surface area (Å²) in [6.45, 7) is 10.5. The largest absolute Gasteiger partial charge is 0.461 e. The van der Waals surface area contributed by atoms with E-state index in [1.807, 2.05) is 20.8 Å². The number of esters is 1. The van der Waals surface area contributed by atoms with Crippen molar-refractivity contribution in [3.05, 3.63) is 10.4 Å². The highest BCUT2D eigenvalue weighted by Gasteiger charge is 2.65. The zero-order valence-electron chi connectivity index (χ0n) is 21.9. The van der Waals surface area contributed by atoms with E-state index in [9.17, 15) is 9.59 Å². The minimum absolute atomic E-state index is 0.0137. The van der Waals surface area contributed by atoms with Gasteiger partial charge in [-0.15, -0.1) is 0 Å². The molecule has 0 radical (unpaired) electrons. The number of azide groups is 1. The number of Topliss-reactive ketones (excluding diaryl/α,β-unsaturated/α-hetero) is 1. The Balaban J connectivity index is 1.35. The maximum Gasteiger partial charge on any atom is 0.315 e. The average molecular weight is 488 g/mol. The topological polar surface area (TPSA) is 111 Å². The molecule has 4 saturated carbocycles. The lowest BCUT2D eigenvalue weighted by molar-refractivity contribution is -0.174. The average Bonchev–Trinajstić information content (AvgIpc) is 3.26.